The minimum absolute atomic E-state index is 0.134. The summed E-state index contributed by atoms with van der Waals surface area (Å²) in [5.41, 5.74) is 0. The first-order valence-electron chi connectivity index (χ1n) is 7.78. The Kier molecular flexibility index (Phi) is 7.28. The topological polar surface area (TPSA) is 120 Å². The Morgan fingerprint density at radius 2 is 1.00 bits per heavy atom. The quantitative estimate of drug-likeness (QED) is 0.625. The molecule has 0 atom stereocenters. The van der Waals surface area contributed by atoms with E-state index in [0.717, 1.165) is 6.07 Å². The Morgan fingerprint density at radius 1 is 0.692 bits per heavy atom. The van der Waals surface area contributed by atoms with Crippen molar-refractivity contribution in [3.8, 4) is 17.2 Å². The summed E-state index contributed by atoms with van der Waals surface area (Å²) in [6, 6.07) is 0.175. The fourth-order valence-electron chi connectivity index (χ4n) is 2.30. The maximum absolute atomic E-state index is 12.7. The summed E-state index contributed by atoms with van der Waals surface area (Å²) >= 11 is 0. The molecule has 0 bridgehead atoms. The number of hydrogen-bond donors (Lipinski definition) is 2. The molecule has 1 aromatic carbocycles. The maximum Gasteiger partial charge on any atom is 0.244 e. The third-order valence-corrected chi connectivity index (χ3v) is 6.42. The van der Waals surface area contributed by atoms with Crippen LogP contribution in [-0.2, 0) is 20.0 Å². The van der Waals surface area contributed by atoms with Gasteiger partial charge in [0, 0.05) is 12.1 Å². The van der Waals surface area contributed by atoms with E-state index in [9.17, 15) is 16.8 Å². The third kappa shape index (κ3) is 4.78. The zero-order valence-corrected chi connectivity index (χ0v) is 17.5. The summed E-state index contributed by atoms with van der Waals surface area (Å²) in [5, 5.41) is 0. The van der Waals surface area contributed by atoms with Crippen LogP contribution in [0.4, 0.5) is 0 Å². The minimum Gasteiger partial charge on any atom is -0.491 e. The van der Waals surface area contributed by atoms with E-state index in [-0.39, 0.29) is 27.0 Å². The van der Waals surface area contributed by atoms with Crippen molar-refractivity contribution in [2.45, 2.75) is 49.6 Å². The number of sulfonamides is 2. The van der Waals surface area contributed by atoms with Gasteiger partial charge in [0.25, 0.3) is 0 Å². The van der Waals surface area contributed by atoms with E-state index < -0.39 is 32.1 Å². The summed E-state index contributed by atoms with van der Waals surface area (Å²) in [7, 11) is -4.37. The molecule has 150 valence electrons. The summed E-state index contributed by atoms with van der Waals surface area (Å²) in [4.78, 5) is -0.731. The van der Waals surface area contributed by atoms with Gasteiger partial charge in [-0.2, -0.15) is 0 Å². The first kappa shape index (κ1) is 22.5. The predicted octanol–water partition coefficient (Wildman–Crippen LogP) is 1.09. The van der Waals surface area contributed by atoms with Gasteiger partial charge < -0.3 is 14.2 Å². The van der Waals surface area contributed by atoms with Gasteiger partial charge in [-0.15, -0.1) is 0 Å². The largest absolute Gasteiger partial charge is 0.491 e. The number of nitrogens with one attached hydrogen (secondary N) is 2. The molecule has 0 amide bonds. The van der Waals surface area contributed by atoms with Crippen LogP contribution in [0.1, 0.15) is 27.7 Å². The Hall–Kier alpha value is -1.56. The summed E-state index contributed by atoms with van der Waals surface area (Å²) in [6.45, 7) is 6.57. The summed E-state index contributed by atoms with van der Waals surface area (Å²) in [5.74, 6) is -0.437. The molecule has 1 rings (SSSR count). The number of ether oxygens (including phenoxy) is 3. The van der Waals surface area contributed by atoms with E-state index in [0.29, 0.717) is 0 Å². The molecule has 26 heavy (non-hydrogen) atoms. The zero-order chi connectivity index (χ0) is 20.3. The molecule has 0 fully saturated rings. The van der Waals surface area contributed by atoms with E-state index in [4.69, 9.17) is 14.2 Å². The molecule has 1 aromatic rings. The van der Waals surface area contributed by atoms with E-state index in [1.165, 1.54) is 21.3 Å². The molecule has 0 aliphatic carbocycles. The van der Waals surface area contributed by atoms with Crippen molar-refractivity contribution in [3.63, 3.8) is 0 Å². The van der Waals surface area contributed by atoms with Gasteiger partial charge in [0.15, 0.2) is 11.5 Å². The lowest BCUT2D eigenvalue weighted by Gasteiger charge is -2.20. The molecule has 0 saturated carbocycles. The van der Waals surface area contributed by atoms with Crippen molar-refractivity contribution in [2.24, 2.45) is 0 Å². The first-order chi connectivity index (χ1) is 11.9. The van der Waals surface area contributed by atoms with Gasteiger partial charge >= 0.3 is 0 Å². The maximum atomic E-state index is 12.7. The van der Waals surface area contributed by atoms with Gasteiger partial charge in [-0.05, 0) is 33.8 Å². The molecule has 0 unspecified atom stereocenters. The van der Waals surface area contributed by atoms with Gasteiger partial charge in [-0.3, -0.25) is 0 Å². The smallest absolute Gasteiger partial charge is 0.244 e. The number of methoxy groups -OCH3 is 3. The lowest BCUT2D eigenvalue weighted by molar-refractivity contribution is 0.312. The molecule has 9 nitrogen and oxygen atoms in total. The SMILES string of the molecule is COc1c(S(=O)(=O)NC(C)C)cc(S(=O)(=O)NC(C)C)c(OC)c1OC. The molecule has 0 aliphatic heterocycles. The Bertz CT molecular complexity index is 781. The second-order valence-corrected chi connectivity index (χ2v) is 9.39. The summed E-state index contributed by atoms with van der Waals surface area (Å²) in [6.07, 6.45) is 0. The fraction of sp³-hybridized carbons (Fsp3) is 0.600. The standard InChI is InChI=1S/C15H26N2O7S2/c1-9(2)16-25(18,19)11-8-12(26(20,21)17-10(3)4)14(23-6)15(24-7)13(11)22-5/h8-10,16-17H,1-7H3. The van der Waals surface area contributed by atoms with Gasteiger partial charge in [-0.1, -0.05) is 0 Å². The lowest BCUT2D eigenvalue weighted by Crippen LogP contribution is -2.32. The molecule has 2 N–H and O–H groups in total. The van der Waals surface area contributed by atoms with Crippen LogP contribution in [0, 0.1) is 0 Å². The molecular formula is C15H26N2O7S2. The molecule has 0 saturated heterocycles. The average Bonchev–Trinajstić information content (AvgIpc) is 2.49. The Labute approximate surface area is 155 Å². The predicted molar refractivity (Wildman–Crippen MR) is 97.0 cm³/mol. The van der Waals surface area contributed by atoms with Gasteiger partial charge in [0.1, 0.15) is 9.79 Å². The van der Waals surface area contributed by atoms with Crippen LogP contribution in [0.3, 0.4) is 0 Å². The number of rotatable bonds is 9. The molecule has 0 radical (unpaired) electrons. The van der Waals surface area contributed by atoms with Crippen LogP contribution in [0.15, 0.2) is 15.9 Å². The average molecular weight is 411 g/mol. The number of hydrogen-bond acceptors (Lipinski definition) is 7. The minimum atomic E-state index is -4.07. The van der Waals surface area contributed by atoms with Crippen LogP contribution in [-0.4, -0.2) is 50.2 Å². The van der Waals surface area contributed by atoms with Crippen molar-refractivity contribution in [2.75, 3.05) is 21.3 Å². The van der Waals surface area contributed by atoms with Crippen molar-refractivity contribution in [3.05, 3.63) is 6.07 Å². The van der Waals surface area contributed by atoms with Crippen LogP contribution in [0.5, 0.6) is 17.2 Å². The van der Waals surface area contributed by atoms with Gasteiger partial charge in [-0.25, -0.2) is 26.3 Å². The lowest BCUT2D eigenvalue weighted by atomic mass is 10.3. The molecule has 0 aromatic heterocycles. The van der Waals surface area contributed by atoms with E-state index in [1.807, 2.05) is 0 Å². The van der Waals surface area contributed by atoms with Crippen LogP contribution < -0.4 is 23.7 Å². The highest BCUT2D eigenvalue weighted by Gasteiger charge is 2.33. The molecular weight excluding hydrogens is 384 g/mol. The van der Waals surface area contributed by atoms with Crippen molar-refractivity contribution < 1.29 is 31.0 Å². The second kappa shape index (κ2) is 8.42. The molecule has 0 aliphatic rings. The summed E-state index contributed by atoms with van der Waals surface area (Å²) < 4.78 is 71.1. The highest BCUT2D eigenvalue weighted by Crippen LogP contribution is 2.46. The fourth-order valence-corrected chi connectivity index (χ4v) is 5.25. The van der Waals surface area contributed by atoms with Gasteiger partial charge in [0.05, 0.1) is 21.3 Å². The van der Waals surface area contributed by atoms with Gasteiger partial charge in [0.2, 0.25) is 25.8 Å². The molecule has 11 heteroatoms. The van der Waals surface area contributed by atoms with E-state index in [2.05, 4.69) is 9.44 Å². The van der Waals surface area contributed by atoms with Crippen molar-refractivity contribution in [1.82, 2.24) is 9.44 Å². The van der Waals surface area contributed by atoms with Crippen LogP contribution >= 0.6 is 0 Å². The Morgan fingerprint density at radius 3 is 1.23 bits per heavy atom. The molecule has 0 heterocycles. The second-order valence-electron chi connectivity index (χ2n) is 6.02. The Balaban J connectivity index is 3.91. The first-order valence-corrected chi connectivity index (χ1v) is 10.8. The van der Waals surface area contributed by atoms with E-state index >= 15 is 0 Å². The van der Waals surface area contributed by atoms with Crippen molar-refractivity contribution in [1.29, 1.82) is 0 Å². The van der Waals surface area contributed by atoms with Crippen LogP contribution in [0.2, 0.25) is 0 Å². The third-order valence-electron chi connectivity index (χ3n) is 3.10. The zero-order valence-electron chi connectivity index (χ0n) is 15.9. The normalized spacial score (nSPS) is 12.5. The monoisotopic (exact) mass is 410 g/mol. The molecule has 0 spiro atoms. The number of benzene rings is 1. The van der Waals surface area contributed by atoms with Crippen molar-refractivity contribution >= 4 is 20.0 Å². The van der Waals surface area contributed by atoms with E-state index in [1.54, 1.807) is 27.7 Å². The highest BCUT2D eigenvalue weighted by atomic mass is 32.2. The van der Waals surface area contributed by atoms with Crippen LogP contribution in [0.25, 0.3) is 0 Å². The highest BCUT2D eigenvalue weighted by molar-refractivity contribution is 7.90.